The Morgan fingerprint density at radius 3 is 2.41 bits per heavy atom. The lowest BCUT2D eigenvalue weighted by Crippen LogP contribution is -2.08. The summed E-state index contributed by atoms with van der Waals surface area (Å²) in [6.07, 6.45) is -2.85. The Balaban J connectivity index is 1.88. The fourth-order valence-corrected chi connectivity index (χ4v) is 2.12. The first kappa shape index (κ1) is 18.4. The Bertz CT molecular complexity index is 905. The summed E-state index contributed by atoms with van der Waals surface area (Å²) in [7, 11) is 0. The number of nitrogens with one attached hydrogen (secondary N) is 2. The van der Waals surface area contributed by atoms with Crippen LogP contribution in [0.15, 0.2) is 48.7 Å². The van der Waals surface area contributed by atoms with Gasteiger partial charge in [-0.05, 0) is 37.3 Å². The van der Waals surface area contributed by atoms with Gasteiger partial charge in [0.15, 0.2) is 0 Å². The zero-order valence-corrected chi connectivity index (χ0v) is 14.2. The van der Waals surface area contributed by atoms with Gasteiger partial charge in [-0.2, -0.15) is 28.1 Å². The van der Waals surface area contributed by atoms with Crippen molar-refractivity contribution < 1.29 is 17.9 Å². The zero-order valence-electron chi connectivity index (χ0n) is 14.2. The van der Waals surface area contributed by atoms with Gasteiger partial charge in [0, 0.05) is 11.9 Å². The van der Waals surface area contributed by atoms with Crippen molar-refractivity contribution >= 4 is 23.4 Å². The molecule has 0 radical (unpaired) electrons. The standard InChI is InChI=1S/C17H15F3N6O/c1-2-27-16-25-14(22-12-7-5-6-11(10-12)17(18,19)20)24-15(26-16)23-13-8-3-4-9-21-13/h3-10H,2H2,1H3,(H2,21,22,23,24,25,26). The number of pyridine rings is 1. The monoisotopic (exact) mass is 376 g/mol. The van der Waals surface area contributed by atoms with E-state index in [9.17, 15) is 13.2 Å². The molecule has 0 bridgehead atoms. The van der Waals surface area contributed by atoms with Crippen LogP contribution >= 0.6 is 0 Å². The molecule has 2 N–H and O–H groups in total. The van der Waals surface area contributed by atoms with Crippen molar-refractivity contribution in [3.8, 4) is 6.01 Å². The highest BCUT2D eigenvalue weighted by Crippen LogP contribution is 2.31. The molecular formula is C17H15F3N6O. The van der Waals surface area contributed by atoms with Gasteiger partial charge in [0.25, 0.3) is 0 Å². The molecule has 0 atom stereocenters. The van der Waals surface area contributed by atoms with E-state index in [1.165, 1.54) is 12.1 Å². The van der Waals surface area contributed by atoms with Crippen molar-refractivity contribution in [2.24, 2.45) is 0 Å². The second-order valence-corrected chi connectivity index (χ2v) is 5.24. The molecule has 10 heteroatoms. The van der Waals surface area contributed by atoms with Crippen LogP contribution in [0.5, 0.6) is 6.01 Å². The summed E-state index contributed by atoms with van der Waals surface area (Å²) >= 11 is 0. The smallest absolute Gasteiger partial charge is 0.416 e. The van der Waals surface area contributed by atoms with Gasteiger partial charge in [0.1, 0.15) is 5.82 Å². The molecule has 0 spiro atoms. The number of benzene rings is 1. The van der Waals surface area contributed by atoms with Gasteiger partial charge >= 0.3 is 12.2 Å². The van der Waals surface area contributed by atoms with Crippen molar-refractivity contribution in [3.05, 3.63) is 54.2 Å². The summed E-state index contributed by atoms with van der Waals surface area (Å²) in [5.74, 6) is 0.670. The number of anilines is 4. The summed E-state index contributed by atoms with van der Waals surface area (Å²) in [5.41, 5.74) is -0.597. The minimum atomic E-state index is -4.45. The lowest BCUT2D eigenvalue weighted by Gasteiger charge is -2.11. The summed E-state index contributed by atoms with van der Waals surface area (Å²) in [4.78, 5) is 16.4. The number of alkyl halides is 3. The SMILES string of the molecule is CCOc1nc(Nc2cccc(C(F)(F)F)c2)nc(Nc2ccccn2)n1. The van der Waals surface area contributed by atoms with E-state index in [-0.39, 0.29) is 23.6 Å². The molecule has 0 aliphatic rings. The van der Waals surface area contributed by atoms with Gasteiger partial charge in [-0.1, -0.05) is 12.1 Å². The van der Waals surface area contributed by atoms with Crippen molar-refractivity contribution in [1.29, 1.82) is 0 Å². The predicted molar refractivity (Wildman–Crippen MR) is 93.2 cm³/mol. The van der Waals surface area contributed by atoms with Gasteiger partial charge in [0.2, 0.25) is 11.9 Å². The fraction of sp³-hybridized carbons (Fsp3) is 0.176. The molecule has 0 aliphatic carbocycles. The fourth-order valence-electron chi connectivity index (χ4n) is 2.12. The summed E-state index contributed by atoms with van der Waals surface area (Å²) in [5, 5.41) is 5.63. The summed E-state index contributed by atoms with van der Waals surface area (Å²) < 4.78 is 43.9. The summed E-state index contributed by atoms with van der Waals surface area (Å²) in [6.45, 7) is 2.07. The molecule has 0 saturated carbocycles. The molecule has 2 heterocycles. The van der Waals surface area contributed by atoms with Gasteiger partial charge < -0.3 is 15.4 Å². The molecule has 27 heavy (non-hydrogen) atoms. The van der Waals surface area contributed by atoms with E-state index < -0.39 is 11.7 Å². The average Bonchev–Trinajstić information content (AvgIpc) is 2.62. The van der Waals surface area contributed by atoms with E-state index in [1.54, 1.807) is 31.3 Å². The van der Waals surface area contributed by atoms with Crippen molar-refractivity contribution in [2.75, 3.05) is 17.2 Å². The molecule has 1 aromatic carbocycles. The second-order valence-electron chi connectivity index (χ2n) is 5.24. The first-order valence-corrected chi connectivity index (χ1v) is 7.95. The van der Waals surface area contributed by atoms with E-state index >= 15 is 0 Å². The Labute approximate surface area is 152 Å². The molecule has 0 aliphatic heterocycles. The Morgan fingerprint density at radius 1 is 0.963 bits per heavy atom. The molecule has 3 rings (SSSR count). The number of halogens is 3. The maximum absolute atomic E-state index is 12.9. The van der Waals surface area contributed by atoms with Crippen LogP contribution in [0.25, 0.3) is 0 Å². The van der Waals surface area contributed by atoms with Crippen LogP contribution in [-0.2, 0) is 6.18 Å². The maximum Gasteiger partial charge on any atom is 0.416 e. The van der Waals surface area contributed by atoms with Crippen molar-refractivity contribution in [3.63, 3.8) is 0 Å². The van der Waals surface area contributed by atoms with E-state index in [0.29, 0.717) is 12.4 Å². The molecule has 0 saturated heterocycles. The highest BCUT2D eigenvalue weighted by atomic mass is 19.4. The van der Waals surface area contributed by atoms with Crippen LogP contribution in [0.3, 0.4) is 0 Å². The third-order valence-corrected chi connectivity index (χ3v) is 3.24. The van der Waals surface area contributed by atoms with Gasteiger partial charge in [-0.25, -0.2) is 4.98 Å². The molecule has 140 valence electrons. The van der Waals surface area contributed by atoms with Crippen LogP contribution in [0.1, 0.15) is 12.5 Å². The number of nitrogens with zero attached hydrogens (tertiary/aromatic N) is 4. The van der Waals surface area contributed by atoms with E-state index in [0.717, 1.165) is 12.1 Å². The van der Waals surface area contributed by atoms with E-state index in [1.807, 2.05) is 0 Å². The Kier molecular flexibility index (Phi) is 5.34. The lowest BCUT2D eigenvalue weighted by molar-refractivity contribution is -0.137. The molecule has 2 aromatic heterocycles. The number of rotatable bonds is 6. The first-order valence-electron chi connectivity index (χ1n) is 7.95. The summed E-state index contributed by atoms with van der Waals surface area (Å²) in [6, 6.07) is 10.00. The first-order chi connectivity index (χ1) is 12.9. The molecular weight excluding hydrogens is 361 g/mol. The van der Waals surface area contributed by atoms with Gasteiger partial charge in [-0.15, -0.1) is 0 Å². The normalized spacial score (nSPS) is 11.1. The third-order valence-electron chi connectivity index (χ3n) is 3.24. The van der Waals surface area contributed by atoms with Crippen LogP contribution in [-0.4, -0.2) is 26.5 Å². The Morgan fingerprint density at radius 2 is 1.74 bits per heavy atom. The molecule has 0 fully saturated rings. The topological polar surface area (TPSA) is 84.9 Å². The Hall–Kier alpha value is -3.43. The second kappa shape index (κ2) is 7.85. The highest BCUT2D eigenvalue weighted by Gasteiger charge is 2.30. The molecule has 0 unspecified atom stereocenters. The third kappa shape index (κ3) is 5.03. The number of hydrogen-bond donors (Lipinski definition) is 2. The molecule has 0 amide bonds. The van der Waals surface area contributed by atoms with Crippen molar-refractivity contribution in [1.82, 2.24) is 19.9 Å². The maximum atomic E-state index is 12.9. The van der Waals surface area contributed by atoms with Crippen LogP contribution < -0.4 is 15.4 Å². The van der Waals surface area contributed by atoms with Crippen LogP contribution in [0.2, 0.25) is 0 Å². The van der Waals surface area contributed by atoms with Crippen LogP contribution in [0, 0.1) is 0 Å². The van der Waals surface area contributed by atoms with Gasteiger partial charge in [0.05, 0.1) is 12.2 Å². The minimum Gasteiger partial charge on any atom is -0.464 e. The lowest BCUT2D eigenvalue weighted by atomic mass is 10.2. The van der Waals surface area contributed by atoms with Crippen LogP contribution in [0.4, 0.5) is 36.6 Å². The minimum absolute atomic E-state index is 0.0282. The number of aromatic nitrogens is 4. The predicted octanol–water partition coefficient (Wildman–Crippen LogP) is 4.17. The number of hydrogen-bond acceptors (Lipinski definition) is 7. The van der Waals surface area contributed by atoms with E-state index in [4.69, 9.17) is 4.74 Å². The average molecular weight is 376 g/mol. The molecule has 3 aromatic rings. The van der Waals surface area contributed by atoms with E-state index in [2.05, 4.69) is 30.6 Å². The zero-order chi connectivity index (χ0) is 19.3. The number of ether oxygens (including phenoxy) is 1. The molecule has 7 nitrogen and oxygen atoms in total. The highest BCUT2D eigenvalue weighted by molar-refractivity contribution is 5.57. The largest absolute Gasteiger partial charge is 0.464 e. The van der Waals surface area contributed by atoms with Crippen molar-refractivity contribution in [2.45, 2.75) is 13.1 Å². The quantitative estimate of drug-likeness (QED) is 0.668. The van der Waals surface area contributed by atoms with Gasteiger partial charge in [-0.3, -0.25) is 0 Å².